The number of nitrogens with one attached hydrogen (secondary N) is 2. The molecule has 2 aromatic carbocycles. The number of amides is 1. The fourth-order valence-corrected chi connectivity index (χ4v) is 4.56. The lowest BCUT2D eigenvalue weighted by molar-refractivity contribution is -0.117. The highest BCUT2D eigenvalue weighted by atomic mass is 32.1. The number of ether oxygens (including phenoxy) is 1. The van der Waals surface area contributed by atoms with E-state index in [-0.39, 0.29) is 41.9 Å². The highest BCUT2D eigenvalue weighted by Crippen LogP contribution is 2.35. The van der Waals surface area contributed by atoms with Crippen LogP contribution in [0.25, 0.3) is 21.3 Å². The van der Waals surface area contributed by atoms with E-state index in [1.165, 1.54) is 12.1 Å². The van der Waals surface area contributed by atoms with Gasteiger partial charge in [-0.2, -0.15) is 0 Å². The molecule has 0 radical (unpaired) electrons. The first-order chi connectivity index (χ1) is 16.8. The number of fused-ring (bicyclic) bond motifs is 1. The van der Waals surface area contributed by atoms with Gasteiger partial charge in [0.2, 0.25) is 5.91 Å². The molecule has 35 heavy (non-hydrogen) atoms. The van der Waals surface area contributed by atoms with E-state index >= 15 is 0 Å². The summed E-state index contributed by atoms with van der Waals surface area (Å²) < 4.78 is 18.4. The van der Waals surface area contributed by atoms with Crippen LogP contribution in [0, 0.1) is 5.82 Å². The topological polar surface area (TPSA) is 104 Å². The van der Waals surface area contributed by atoms with Crippen molar-refractivity contribution >= 4 is 39.8 Å². The molecule has 180 valence electrons. The van der Waals surface area contributed by atoms with Crippen LogP contribution in [0.5, 0.6) is 0 Å². The summed E-state index contributed by atoms with van der Waals surface area (Å²) in [6, 6.07) is 14.6. The molecule has 0 aliphatic heterocycles. The van der Waals surface area contributed by atoms with Crippen LogP contribution in [0.1, 0.15) is 22.4 Å². The molecule has 2 N–H and O–H groups in total. The van der Waals surface area contributed by atoms with Crippen molar-refractivity contribution in [2.45, 2.75) is 13.5 Å². The van der Waals surface area contributed by atoms with Crippen molar-refractivity contribution in [1.82, 2.24) is 14.9 Å². The molecule has 0 spiro atoms. The van der Waals surface area contributed by atoms with Crippen LogP contribution >= 0.6 is 11.3 Å². The van der Waals surface area contributed by atoms with E-state index in [9.17, 15) is 18.8 Å². The number of carbonyl (C=O) groups excluding carboxylic acids is 2. The summed E-state index contributed by atoms with van der Waals surface area (Å²) in [6.45, 7) is 2.11. The average Bonchev–Trinajstić information content (AvgIpc) is 3.23. The van der Waals surface area contributed by atoms with Crippen molar-refractivity contribution in [2.24, 2.45) is 0 Å². The standard InChI is InChI=1S/C25H23FN4O4S/c1-3-34-25(33)23-19(12-20(35-23)15-8-10-16(26)11-9-15)28-22(31)14-30(2)13-21-27-18-7-5-4-6-17(18)24(32)29-21/h4-12H,3,13-14H2,1-2H3,(H,28,31)(H,27,29,32). The Balaban J connectivity index is 1.49. The second-order valence-corrected chi connectivity index (χ2v) is 8.88. The third kappa shape index (κ3) is 5.79. The minimum Gasteiger partial charge on any atom is -0.462 e. The molecule has 8 nitrogen and oxygen atoms in total. The average molecular weight is 495 g/mol. The fourth-order valence-electron chi connectivity index (χ4n) is 3.54. The Kier molecular flexibility index (Phi) is 7.33. The number of aromatic amines is 1. The second-order valence-electron chi connectivity index (χ2n) is 7.83. The van der Waals surface area contributed by atoms with Crippen LogP contribution < -0.4 is 10.9 Å². The summed E-state index contributed by atoms with van der Waals surface area (Å²) in [4.78, 5) is 47.4. The SMILES string of the molecule is CCOC(=O)c1sc(-c2ccc(F)cc2)cc1NC(=O)CN(C)Cc1nc2ccccc2c(=O)[nH]1. The van der Waals surface area contributed by atoms with Gasteiger partial charge in [-0.3, -0.25) is 14.5 Å². The van der Waals surface area contributed by atoms with Crippen molar-refractivity contribution in [3.8, 4) is 10.4 Å². The number of thiophene rings is 1. The van der Waals surface area contributed by atoms with Crippen LogP contribution in [0.15, 0.2) is 59.4 Å². The predicted molar refractivity (Wildman–Crippen MR) is 133 cm³/mol. The number of likely N-dealkylation sites (N-methyl/N-ethyl adjacent to an activating group) is 1. The summed E-state index contributed by atoms with van der Waals surface area (Å²) >= 11 is 1.16. The summed E-state index contributed by atoms with van der Waals surface area (Å²) in [5.41, 5.74) is 1.37. The summed E-state index contributed by atoms with van der Waals surface area (Å²) in [5.74, 6) is -0.836. The summed E-state index contributed by atoms with van der Waals surface area (Å²) in [7, 11) is 1.72. The number of benzene rings is 2. The van der Waals surface area contributed by atoms with Crippen LogP contribution in [0.4, 0.5) is 10.1 Å². The number of rotatable bonds is 8. The molecular formula is C25H23FN4O4S. The third-order valence-electron chi connectivity index (χ3n) is 5.09. The molecule has 0 fully saturated rings. The molecule has 10 heteroatoms. The van der Waals surface area contributed by atoms with E-state index in [4.69, 9.17) is 4.74 Å². The maximum Gasteiger partial charge on any atom is 0.350 e. The number of carbonyl (C=O) groups is 2. The molecule has 4 aromatic rings. The molecule has 2 heterocycles. The van der Waals surface area contributed by atoms with E-state index in [2.05, 4.69) is 15.3 Å². The van der Waals surface area contributed by atoms with Gasteiger partial charge in [0.25, 0.3) is 5.56 Å². The van der Waals surface area contributed by atoms with Gasteiger partial charge in [-0.05, 0) is 49.9 Å². The maximum atomic E-state index is 13.3. The van der Waals surface area contributed by atoms with E-state index in [1.54, 1.807) is 61.3 Å². The molecule has 0 unspecified atom stereocenters. The molecule has 0 atom stereocenters. The largest absolute Gasteiger partial charge is 0.462 e. The maximum absolute atomic E-state index is 13.3. The Morgan fingerprint density at radius 2 is 1.91 bits per heavy atom. The van der Waals surface area contributed by atoms with Gasteiger partial charge in [0.05, 0.1) is 36.3 Å². The van der Waals surface area contributed by atoms with Crippen molar-refractivity contribution in [3.63, 3.8) is 0 Å². The van der Waals surface area contributed by atoms with E-state index in [1.807, 2.05) is 0 Å². The number of hydrogen-bond acceptors (Lipinski definition) is 7. The number of esters is 1. The Bertz CT molecular complexity index is 1430. The molecule has 0 bridgehead atoms. The van der Waals surface area contributed by atoms with E-state index in [0.29, 0.717) is 32.9 Å². The van der Waals surface area contributed by atoms with Crippen LogP contribution in [0.2, 0.25) is 0 Å². The number of para-hydroxylation sites is 1. The van der Waals surface area contributed by atoms with Crippen LogP contribution in [-0.4, -0.2) is 46.9 Å². The molecule has 0 saturated carbocycles. The highest BCUT2D eigenvalue weighted by Gasteiger charge is 2.21. The minimum atomic E-state index is -0.549. The van der Waals surface area contributed by atoms with Gasteiger partial charge in [0, 0.05) is 4.88 Å². The quantitative estimate of drug-likeness (QED) is 0.358. The summed E-state index contributed by atoms with van der Waals surface area (Å²) in [6.07, 6.45) is 0. The molecule has 0 aliphatic carbocycles. The fraction of sp³-hybridized carbons (Fsp3) is 0.200. The smallest absolute Gasteiger partial charge is 0.350 e. The Hall–Kier alpha value is -3.89. The zero-order valence-corrected chi connectivity index (χ0v) is 19.9. The predicted octanol–water partition coefficient (Wildman–Crippen LogP) is 4.04. The number of aromatic nitrogens is 2. The highest BCUT2D eigenvalue weighted by molar-refractivity contribution is 7.18. The molecule has 0 saturated heterocycles. The molecule has 0 aliphatic rings. The lowest BCUT2D eigenvalue weighted by Crippen LogP contribution is -2.31. The molecule has 4 rings (SSSR count). The van der Waals surface area contributed by atoms with Gasteiger partial charge >= 0.3 is 5.97 Å². The molecule has 2 aromatic heterocycles. The lowest BCUT2D eigenvalue weighted by atomic mass is 10.2. The van der Waals surface area contributed by atoms with E-state index in [0.717, 1.165) is 11.3 Å². The van der Waals surface area contributed by atoms with Crippen molar-refractivity contribution in [2.75, 3.05) is 25.5 Å². The minimum absolute atomic E-state index is 0.0134. The van der Waals surface area contributed by atoms with Gasteiger partial charge in [0.15, 0.2) is 0 Å². The van der Waals surface area contributed by atoms with Gasteiger partial charge < -0.3 is 15.0 Å². The van der Waals surface area contributed by atoms with Gasteiger partial charge in [-0.15, -0.1) is 11.3 Å². The number of H-pyrrole nitrogens is 1. The van der Waals surface area contributed by atoms with Gasteiger partial charge in [-0.25, -0.2) is 14.2 Å². The zero-order valence-electron chi connectivity index (χ0n) is 19.1. The Morgan fingerprint density at radius 3 is 2.66 bits per heavy atom. The van der Waals surface area contributed by atoms with Crippen molar-refractivity contribution in [3.05, 3.63) is 81.5 Å². The number of halogens is 1. The first-order valence-corrected chi connectivity index (χ1v) is 11.7. The zero-order chi connectivity index (χ0) is 24.9. The first kappa shape index (κ1) is 24.2. The Morgan fingerprint density at radius 1 is 1.17 bits per heavy atom. The Labute approximate surface area is 204 Å². The monoisotopic (exact) mass is 494 g/mol. The normalized spacial score (nSPS) is 11.1. The second kappa shape index (κ2) is 10.6. The van der Waals surface area contributed by atoms with Crippen LogP contribution in [0.3, 0.4) is 0 Å². The van der Waals surface area contributed by atoms with Crippen molar-refractivity contribution < 1.29 is 18.7 Å². The van der Waals surface area contributed by atoms with Crippen LogP contribution in [-0.2, 0) is 16.1 Å². The molecule has 1 amide bonds. The van der Waals surface area contributed by atoms with Gasteiger partial charge in [-0.1, -0.05) is 24.3 Å². The van der Waals surface area contributed by atoms with E-state index < -0.39 is 5.97 Å². The number of nitrogens with zero attached hydrogens (tertiary/aromatic N) is 2. The summed E-state index contributed by atoms with van der Waals surface area (Å²) in [5, 5.41) is 3.27. The number of anilines is 1. The first-order valence-electron chi connectivity index (χ1n) is 10.9. The van der Waals surface area contributed by atoms with Crippen molar-refractivity contribution in [1.29, 1.82) is 0 Å². The third-order valence-corrected chi connectivity index (χ3v) is 6.26. The lowest BCUT2D eigenvalue weighted by Gasteiger charge is -2.16. The number of hydrogen-bond donors (Lipinski definition) is 2. The molecular weight excluding hydrogens is 471 g/mol. The van der Waals surface area contributed by atoms with Gasteiger partial charge in [0.1, 0.15) is 16.5 Å².